The molecule has 1 saturated heterocycles. The van der Waals surface area contributed by atoms with E-state index in [0.29, 0.717) is 29.5 Å². The molecule has 0 aliphatic carbocycles. The van der Waals surface area contributed by atoms with Crippen LogP contribution in [0.25, 0.3) is 0 Å². The molecule has 1 aromatic carbocycles. The van der Waals surface area contributed by atoms with Crippen LogP contribution in [0.1, 0.15) is 39.8 Å². The number of benzene rings is 1. The standard InChI is InChI=1S/C20H25N3O3/c1-14-18(19(24)25-3)11-17(26-14)12-22-20(21-2)23-10-9-16(13-23)15-7-5-4-6-8-15/h4-8,11,16H,9-10,12-13H2,1-3H3,(H,21,22). The predicted octanol–water partition coefficient (Wildman–Crippen LogP) is 2.94. The average Bonchev–Trinajstić information content (AvgIpc) is 3.30. The molecule has 1 N–H and O–H groups in total. The molecule has 138 valence electrons. The number of rotatable bonds is 4. The number of nitrogens with zero attached hydrogens (tertiary/aromatic N) is 2. The second-order valence-corrected chi connectivity index (χ2v) is 6.42. The zero-order chi connectivity index (χ0) is 18.5. The van der Waals surface area contributed by atoms with Crippen molar-refractivity contribution >= 4 is 11.9 Å². The van der Waals surface area contributed by atoms with Crippen molar-refractivity contribution in [3.05, 3.63) is 59.0 Å². The van der Waals surface area contributed by atoms with E-state index in [0.717, 1.165) is 25.5 Å². The number of nitrogens with one attached hydrogen (secondary N) is 1. The normalized spacial score (nSPS) is 17.4. The summed E-state index contributed by atoms with van der Waals surface area (Å²) in [5, 5.41) is 3.33. The van der Waals surface area contributed by atoms with Gasteiger partial charge in [0.15, 0.2) is 5.96 Å². The maximum absolute atomic E-state index is 11.7. The molecule has 6 heteroatoms. The summed E-state index contributed by atoms with van der Waals surface area (Å²) in [5.41, 5.74) is 1.83. The van der Waals surface area contributed by atoms with Gasteiger partial charge in [-0.1, -0.05) is 30.3 Å². The lowest BCUT2D eigenvalue weighted by atomic mass is 9.99. The molecule has 1 aliphatic heterocycles. The molecule has 2 aromatic rings. The van der Waals surface area contributed by atoms with Gasteiger partial charge in [0.1, 0.15) is 17.1 Å². The predicted molar refractivity (Wildman–Crippen MR) is 100 cm³/mol. The zero-order valence-corrected chi connectivity index (χ0v) is 15.5. The Balaban J connectivity index is 1.60. The number of carbonyl (C=O) groups excluding carboxylic acids is 1. The monoisotopic (exact) mass is 355 g/mol. The van der Waals surface area contributed by atoms with Gasteiger partial charge < -0.3 is 19.4 Å². The maximum Gasteiger partial charge on any atom is 0.341 e. The van der Waals surface area contributed by atoms with E-state index in [-0.39, 0.29) is 5.97 Å². The molecule has 0 spiro atoms. The van der Waals surface area contributed by atoms with Crippen molar-refractivity contribution < 1.29 is 13.9 Å². The van der Waals surface area contributed by atoms with Gasteiger partial charge in [0.05, 0.1) is 13.7 Å². The van der Waals surface area contributed by atoms with Crippen LogP contribution in [0, 0.1) is 6.92 Å². The molecular weight excluding hydrogens is 330 g/mol. The van der Waals surface area contributed by atoms with Gasteiger partial charge in [-0.25, -0.2) is 4.79 Å². The van der Waals surface area contributed by atoms with Crippen LogP contribution in [0.15, 0.2) is 45.8 Å². The van der Waals surface area contributed by atoms with Crippen LogP contribution in [-0.4, -0.2) is 44.1 Å². The molecule has 2 heterocycles. The van der Waals surface area contributed by atoms with Gasteiger partial charge in [0.2, 0.25) is 0 Å². The van der Waals surface area contributed by atoms with E-state index < -0.39 is 0 Å². The Labute approximate surface area is 153 Å². The molecule has 0 radical (unpaired) electrons. The highest BCUT2D eigenvalue weighted by Gasteiger charge is 2.26. The largest absolute Gasteiger partial charge is 0.465 e. The molecule has 26 heavy (non-hydrogen) atoms. The molecule has 1 atom stereocenters. The third kappa shape index (κ3) is 3.90. The Kier molecular flexibility index (Phi) is 5.61. The lowest BCUT2D eigenvalue weighted by molar-refractivity contribution is 0.0599. The van der Waals surface area contributed by atoms with E-state index in [2.05, 4.69) is 39.5 Å². The highest BCUT2D eigenvalue weighted by molar-refractivity contribution is 5.90. The second kappa shape index (κ2) is 8.08. The van der Waals surface area contributed by atoms with Gasteiger partial charge in [-0.05, 0) is 25.0 Å². The maximum atomic E-state index is 11.7. The van der Waals surface area contributed by atoms with Crippen LogP contribution >= 0.6 is 0 Å². The number of hydrogen-bond acceptors (Lipinski definition) is 4. The van der Waals surface area contributed by atoms with Crippen LogP contribution in [0.4, 0.5) is 0 Å². The van der Waals surface area contributed by atoms with E-state index >= 15 is 0 Å². The summed E-state index contributed by atoms with van der Waals surface area (Å²) in [6.45, 7) is 4.13. The van der Waals surface area contributed by atoms with E-state index in [1.807, 2.05) is 6.07 Å². The van der Waals surface area contributed by atoms with Crippen molar-refractivity contribution in [3.63, 3.8) is 0 Å². The summed E-state index contributed by atoms with van der Waals surface area (Å²) in [6.07, 6.45) is 1.11. The summed E-state index contributed by atoms with van der Waals surface area (Å²) in [4.78, 5) is 18.3. The summed E-state index contributed by atoms with van der Waals surface area (Å²) in [6, 6.07) is 12.3. The van der Waals surface area contributed by atoms with Gasteiger partial charge >= 0.3 is 5.97 Å². The summed E-state index contributed by atoms with van der Waals surface area (Å²) < 4.78 is 10.4. The quantitative estimate of drug-likeness (QED) is 0.519. The number of guanidine groups is 1. The molecule has 1 fully saturated rings. The minimum Gasteiger partial charge on any atom is -0.465 e. The molecule has 1 aliphatic rings. The van der Waals surface area contributed by atoms with E-state index in [4.69, 9.17) is 9.15 Å². The Morgan fingerprint density at radius 2 is 2.15 bits per heavy atom. The van der Waals surface area contributed by atoms with E-state index in [1.54, 1.807) is 20.0 Å². The lowest BCUT2D eigenvalue weighted by Gasteiger charge is -2.21. The second-order valence-electron chi connectivity index (χ2n) is 6.42. The number of likely N-dealkylation sites (tertiary alicyclic amines) is 1. The van der Waals surface area contributed by atoms with Gasteiger partial charge in [0.25, 0.3) is 0 Å². The fourth-order valence-corrected chi connectivity index (χ4v) is 3.39. The Bertz CT molecular complexity index is 783. The number of carbonyl (C=O) groups is 1. The molecule has 1 unspecified atom stereocenters. The number of ether oxygens (including phenoxy) is 1. The third-order valence-electron chi connectivity index (χ3n) is 4.77. The van der Waals surface area contributed by atoms with Crippen LogP contribution in [0.2, 0.25) is 0 Å². The van der Waals surface area contributed by atoms with Crippen LogP contribution < -0.4 is 5.32 Å². The fraction of sp³-hybridized carbons (Fsp3) is 0.400. The van der Waals surface area contributed by atoms with Crippen molar-refractivity contribution in [3.8, 4) is 0 Å². The molecule has 6 nitrogen and oxygen atoms in total. The molecular formula is C20H25N3O3. The Hall–Kier alpha value is -2.76. The molecule has 1 aromatic heterocycles. The average molecular weight is 355 g/mol. The van der Waals surface area contributed by atoms with E-state index in [1.165, 1.54) is 12.7 Å². The van der Waals surface area contributed by atoms with Crippen molar-refractivity contribution in [2.75, 3.05) is 27.2 Å². The van der Waals surface area contributed by atoms with E-state index in [9.17, 15) is 4.79 Å². The first-order valence-corrected chi connectivity index (χ1v) is 8.80. The molecule has 3 rings (SSSR count). The minimum absolute atomic E-state index is 0.382. The molecule has 0 saturated carbocycles. The van der Waals surface area contributed by atoms with Crippen molar-refractivity contribution in [1.82, 2.24) is 10.2 Å². The first kappa shape index (κ1) is 18.0. The number of furan rings is 1. The summed E-state index contributed by atoms with van der Waals surface area (Å²) in [5.74, 6) is 2.23. The number of esters is 1. The highest BCUT2D eigenvalue weighted by Crippen LogP contribution is 2.27. The SMILES string of the molecule is CN=C(NCc1cc(C(=O)OC)c(C)o1)N1CCC(c2ccccc2)C1. The van der Waals surface area contributed by atoms with Crippen molar-refractivity contribution in [1.29, 1.82) is 0 Å². The topological polar surface area (TPSA) is 67.1 Å². The number of hydrogen-bond donors (Lipinski definition) is 1. The number of methoxy groups -OCH3 is 1. The third-order valence-corrected chi connectivity index (χ3v) is 4.77. The van der Waals surface area contributed by atoms with Crippen molar-refractivity contribution in [2.45, 2.75) is 25.8 Å². The number of aryl methyl sites for hydroxylation is 1. The fourth-order valence-electron chi connectivity index (χ4n) is 3.39. The number of aliphatic imine (C=N–C) groups is 1. The zero-order valence-electron chi connectivity index (χ0n) is 15.5. The first-order valence-electron chi connectivity index (χ1n) is 8.80. The summed E-state index contributed by atoms with van der Waals surface area (Å²) in [7, 11) is 3.15. The van der Waals surface area contributed by atoms with Crippen LogP contribution in [0.3, 0.4) is 0 Å². The molecule has 0 bridgehead atoms. The van der Waals surface area contributed by atoms with Gasteiger partial charge in [-0.2, -0.15) is 0 Å². The van der Waals surface area contributed by atoms with Crippen LogP contribution in [-0.2, 0) is 11.3 Å². The van der Waals surface area contributed by atoms with Crippen molar-refractivity contribution in [2.24, 2.45) is 4.99 Å². The van der Waals surface area contributed by atoms with Gasteiger partial charge in [-0.15, -0.1) is 0 Å². The van der Waals surface area contributed by atoms with Crippen LogP contribution in [0.5, 0.6) is 0 Å². The first-order chi connectivity index (χ1) is 12.6. The lowest BCUT2D eigenvalue weighted by Crippen LogP contribution is -2.39. The molecule has 0 amide bonds. The Morgan fingerprint density at radius 3 is 2.85 bits per heavy atom. The summed E-state index contributed by atoms with van der Waals surface area (Å²) >= 11 is 0. The Morgan fingerprint density at radius 1 is 1.38 bits per heavy atom. The highest BCUT2D eigenvalue weighted by atomic mass is 16.5. The minimum atomic E-state index is -0.382. The van der Waals surface area contributed by atoms with Gasteiger partial charge in [-0.3, -0.25) is 4.99 Å². The smallest absolute Gasteiger partial charge is 0.341 e. The van der Waals surface area contributed by atoms with Gasteiger partial charge in [0, 0.05) is 26.1 Å².